The molecule has 0 saturated carbocycles. The molecular weight excluding hydrogens is 687 g/mol. The standard InChI is InChI=1S/C33H36N5O9P.2Na/c1-2-14-36-22-31(39)37-27(17-23-8-11-26(12-9-23)47-48(42,43)44)32(40)35(20-25-10-13-28-29(18-25)46-16-15-45-28)21-30(37)38(36)33(41)34-19-24-6-4-3-5-7-24;;/h2-13,18,27,30H,1,14-17,19-22H2,(H,34,41)(H2,42,43,44);;/q;2*+1/p-2/t27-,30-;;/m0../s1. The summed E-state index contributed by atoms with van der Waals surface area (Å²) in [6.07, 6.45) is 0.786. The van der Waals surface area contributed by atoms with Gasteiger partial charge in [0.25, 0.3) is 0 Å². The van der Waals surface area contributed by atoms with E-state index < -0.39 is 26.1 Å². The minimum atomic E-state index is -5.26. The third-order valence-corrected chi connectivity index (χ3v) is 8.65. The minimum absolute atomic E-state index is 0. The van der Waals surface area contributed by atoms with Gasteiger partial charge in [-0.25, -0.2) is 14.8 Å². The van der Waals surface area contributed by atoms with Crippen molar-refractivity contribution in [3.8, 4) is 17.2 Å². The predicted molar refractivity (Wildman–Crippen MR) is 168 cm³/mol. The number of carbonyl (C=O) groups is 3. The average Bonchev–Trinajstić information content (AvgIpc) is 3.06. The SMILES string of the molecule is C=CCN1CC(=O)N2[C@@H](Cc3ccc(OP(=O)([O-])[O-])cc3)C(=O)N(Cc3ccc4c(c3)OCCO4)C[C@@H]2N1C(=O)NCc1ccccc1.[Na+].[Na+]. The van der Waals surface area contributed by atoms with Crippen LogP contribution in [0.4, 0.5) is 4.79 Å². The van der Waals surface area contributed by atoms with E-state index in [1.807, 2.05) is 42.5 Å². The summed E-state index contributed by atoms with van der Waals surface area (Å²) < 4.78 is 26.9. The first-order valence-electron chi connectivity index (χ1n) is 15.4. The maximum absolute atomic E-state index is 14.3. The van der Waals surface area contributed by atoms with Crippen molar-refractivity contribution >= 4 is 25.7 Å². The van der Waals surface area contributed by atoms with Gasteiger partial charge in [0, 0.05) is 26.1 Å². The van der Waals surface area contributed by atoms with Gasteiger partial charge < -0.3 is 43.5 Å². The number of nitrogens with zero attached hydrogens (tertiary/aromatic N) is 4. The third kappa shape index (κ3) is 9.51. The number of phosphoric ester groups is 1. The topological polar surface area (TPSA) is 167 Å². The van der Waals surface area contributed by atoms with Crippen molar-refractivity contribution in [3.63, 3.8) is 0 Å². The number of hydrogen-bond acceptors (Lipinski definition) is 10. The molecule has 0 radical (unpaired) electrons. The summed E-state index contributed by atoms with van der Waals surface area (Å²) in [5.41, 5.74) is 2.24. The molecule has 3 aliphatic heterocycles. The maximum atomic E-state index is 14.3. The Morgan fingerprint density at radius 2 is 1.64 bits per heavy atom. The van der Waals surface area contributed by atoms with E-state index in [2.05, 4.69) is 16.4 Å². The number of rotatable bonds is 10. The van der Waals surface area contributed by atoms with Gasteiger partial charge in [-0.1, -0.05) is 54.6 Å². The van der Waals surface area contributed by atoms with E-state index >= 15 is 0 Å². The van der Waals surface area contributed by atoms with Crippen molar-refractivity contribution < 1.29 is 102 Å². The van der Waals surface area contributed by atoms with E-state index in [0.29, 0.717) is 30.3 Å². The Kier molecular flexibility index (Phi) is 14.0. The second-order valence-corrected chi connectivity index (χ2v) is 12.6. The Bertz CT molecular complexity index is 1730. The van der Waals surface area contributed by atoms with Crippen LogP contribution in [0.25, 0.3) is 0 Å². The molecule has 0 unspecified atom stereocenters. The first-order valence-corrected chi connectivity index (χ1v) is 16.8. The van der Waals surface area contributed by atoms with Crippen LogP contribution in [0.1, 0.15) is 16.7 Å². The molecule has 17 heteroatoms. The van der Waals surface area contributed by atoms with Crippen LogP contribution in [0.5, 0.6) is 17.2 Å². The fourth-order valence-corrected chi connectivity index (χ4v) is 6.52. The van der Waals surface area contributed by atoms with Crippen LogP contribution in [0, 0.1) is 0 Å². The van der Waals surface area contributed by atoms with E-state index in [-0.39, 0.29) is 116 Å². The van der Waals surface area contributed by atoms with Gasteiger partial charge in [0.2, 0.25) is 11.8 Å². The number of amides is 4. The molecule has 2 fully saturated rings. The molecule has 0 spiro atoms. The van der Waals surface area contributed by atoms with E-state index in [0.717, 1.165) is 11.1 Å². The van der Waals surface area contributed by atoms with Crippen molar-refractivity contribution in [3.05, 3.63) is 102 Å². The molecule has 0 bridgehead atoms. The minimum Gasteiger partial charge on any atom is -0.780 e. The second-order valence-electron chi connectivity index (χ2n) is 11.5. The van der Waals surface area contributed by atoms with Gasteiger partial charge >= 0.3 is 65.1 Å². The van der Waals surface area contributed by atoms with Crippen molar-refractivity contribution in [1.82, 2.24) is 25.1 Å². The molecule has 0 aromatic heterocycles. The molecule has 14 nitrogen and oxygen atoms in total. The zero-order valence-electron chi connectivity index (χ0n) is 27.9. The molecule has 6 rings (SSSR count). The molecule has 0 aliphatic carbocycles. The molecule has 1 N–H and O–H groups in total. The molecule has 3 aromatic carbocycles. The van der Waals surface area contributed by atoms with Gasteiger partial charge in [-0.05, 0) is 41.0 Å². The predicted octanol–water partition coefficient (Wildman–Crippen LogP) is -4.59. The summed E-state index contributed by atoms with van der Waals surface area (Å²) in [4.78, 5) is 67.2. The van der Waals surface area contributed by atoms with Crippen molar-refractivity contribution in [2.75, 3.05) is 32.8 Å². The van der Waals surface area contributed by atoms with Crippen LogP contribution in [0.3, 0.4) is 0 Å². The number of phosphoric acid groups is 1. The van der Waals surface area contributed by atoms with Crippen LogP contribution in [0.15, 0.2) is 85.5 Å². The Labute approximate surface area is 334 Å². The Hall–Kier alpha value is -2.88. The van der Waals surface area contributed by atoms with Crippen LogP contribution in [0.2, 0.25) is 0 Å². The number of fused-ring (bicyclic) bond motifs is 2. The zero-order valence-corrected chi connectivity index (χ0v) is 32.8. The third-order valence-electron chi connectivity index (χ3n) is 8.21. The number of hydrazine groups is 1. The number of hydrogen-bond donors (Lipinski definition) is 1. The summed E-state index contributed by atoms with van der Waals surface area (Å²) in [6.45, 7) is 5.13. The smallest absolute Gasteiger partial charge is 0.780 e. The number of nitrogens with one attached hydrogen (secondary N) is 1. The van der Waals surface area contributed by atoms with E-state index in [4.69, 9.17) is 9.47 Å². The number of piperazine rings is 1. The maximum Gasteiger partial charge on any atom is 1.00 e. The molecule has 252 valence electrons. The number of carbonyl (C=O) groups excluding carboxylic acids is 3. The average molecular weight is 722 g/mol. The van der Waals surface area contributed by atoms with E-state index in [1.54, 1.807) is 22.1 Å². The fraction of sp³-hybridized carbons (Fsp3) is 0.303. The van der Waals surface area contributed by atoms with E-state index in [1.165, 1.54) is 34.2 Å². The van der Waals surface area contributed by atoms with Crippen LogP contribution < -0.4 is 88.2 Å². The second kappa shape index (κ2) is 17.6. The van der Waals surface area contributed by atoms with Crippen molar-refractivity contribution in [1.29, 1.82) is 0 Å². The molecular formula is C33H34N5Na2O9P. The summed E-state index contributed by atoms with van der Waals surface area (Å²) in [6, 6.07) is 19.1. The summed E-state index contributed by atoms with van der Waals surface area (Å²) in [7, 11) is -5.26. The van der Waals surface area contributed by atoms with Gasteiger partial charge in [-0.2, -0.15) is 0 Å². The normalized spacial score (nSPS) is 18.7. The van der Waals surface area contributed by atoms with Gasteiger partial charge in [-0.15, -0.1) is 6.58 Å². The van der Waals surface area contributed by atoms with Crippen molar-refractivity contribution in [2.45, 2.75) is 31.7 Å². The molecule has 3 aliphatic rings. The molecule has 50 heavy (non-hydrogen) atoms. The first kappa shape index (κ1) is 39.9. The molecule has 4 amide bonds. The zero-order chi connectivity index (χ0) is 33.8. The molecule has 3 aromatic rings. The molecule has 2 atom stereocenters. The number of urea groups is 1. The van der Waals surface area contributed by atoms with Crippen LogP contribution >= 0.6 is 7.82 Å². The van der Waals surface area contributed by atoms with Crippen molar-refractivity contribution in [2.24, 2.45) is 0 Å². The van der Waals surface area contributed by atoms with Gasteiger partial charge in [-0.3, -0.25) is 9.59 Å². The summed E-state index contributed by atoms with van der Waals surface area (Å²) in [5.74, 6) is 0.327. The Balaban J connectivity index is 0.00000281. The summed E-state index contributed by atoms with van der Waals surface area (Å²) >= 11 is 0. The fourth-order valence-electron chi connectivity index (χ4n) is 6.14. The van der Waals surface area contributed by atoms with Gasteiger partial charge in [0.05, 0.1) is 13.1 Å². The van der Waals surface area contributed by atoms with Gasteiger partial charge in [0.1, 0.15) is 39.0 Å². The Morgan fingerprint density at radius 1 is 0.960 bits per heavy atom. The number of ether oxygens (including phenoxy) is 2. The Morgan fingerprint density at radius 3 is 2.32 bits per heavy atom. The monoisotopic (exact) mass is 721 g/mol. The largest absolute Gasteiger partial charge is 1.00 e. The van der Waals surface area contributed by atoms with Crippen LogP contribution in [-0.4, -0.2) is 82.7 Å². The summed E-state index contributed by atoms with van der Waals surface area (Å²) in [5, 5.41) is 6.05. The number of benzene rings is 3. The van der Waals surface area contributed by atoms with Crippen LogP contribution in [-0.2, 0) is 33.7 Å². The van der Waals surface area contributed by atoms with Gasteiger partial charge in [0.15, 0.2) is 11.5 Å². The van der Waals surface area contributed by atoms with E-state index in [9.17, 15) is 28.7 Å². The molecule has 3 heterocycles. The first-order chi connectivity index (χ1) is 23.1. The molecule has 2 saturated heterocycles. The quantitative estimate of drug-likeness (QED) is 0.122.